The average Bonchev–Trinajstić information content (AvgIpc) is 3.28. The number of alkyl halides is 1. The predicted molar refractivity (Wildman–Crippen MR) is 101 cm³/mol. The minimum atomic E-state index is -0.413. The Balaban J connectivity index is 1.36. The first kappa shape index (κ1) is 18.4. The summed E-state index contributed by atoms with van der Waals surface area (Å²) in [5.74, 6) is 0.310. The number of halogens is 1. The largest absolute Gasteiger partial charge is 0.490 e. The van der Waals surface area contributed by atoms with Crippen molar-refractivity contribution in [3.8, 4) is 5.75 Å². The van der Waals surface area contributed by atoms with Crippen LogP contribution in [-0.4, -0.2) is 79.4 Å². The Bertz CT molecular complexity index is 696. The van der Waals surface area contributed by atoms with E-state index < -0.39 is 4.92 Å². The van der Waals surface area contributed by atoms with E-state index in [4.69, 9.17) is 4.74 Å². The highest BCUT2D eigenvalue weighted by Crippen LogP contribution is 2.36. The summed E-state index contributed by atoms with van der Waals surface area (Å²) in [6.07, 6.45) is 3.36. The van der Waals surface area contributed by atoms with Crippen LogP contribution in [0.5, 0.6) is 5.75 Å². The van der Waals surface area contributed by atoms with Crippen LogP contribution in [0, 0.1) is 10.1 Å². The first-order valence-electron chi connectivity index (χ1n) is 9.74. The van der Waals surface area contributed by atoms with Crippen molar-refractivity contribution in [3.05, 3.63) is 28.3 Å². The van der Waals surface area contributed by atoms with Crippen LogP contribution in [0.25, 0.3) is 0 Å². The molecule has 0 spiro atoms. The number of fused-ring (bicyclic) bond motifs is 2. The number of likely N-dealkylation sites (tertiary alicyclic amines) is 2. The third-order valence-electron chi connectivity index (χ3n) is 6.43. The highest BCUT2D eigenvalue weighted by Gasteiger charge is 2.45. The molecule has 3 aliphatic rings. The molecule has 2 atom stereocenters. The molecule has 0 aromatic heterocycles. The van der Waals surface area contributed by atoms with Gasteiger partial charge in [-0.2, -0.15) is 0 Å². The monoisotopic (exact) mass is 378 g/mol. The SMILES string of the molecule is COc1cc(N2CCC(N3C[C@H]4C[C@@H]3CN4CCF)CC2)ccc1[N+](=O)[O-]. The third-order valence-corrected chi connectivity index (χ3v) is 6.43. The lowest BCUT2D eigenvalue weighted by Crippen LogP contribution is -2.53. The van der Waals surface area contributed by atoms with Crippen LogP contribution >= 0.6 is 0 Å². The molecule has 0 saturated carbocycles. The number of hydrogen-bond acceptors (Lipinski definition) is 6. The van der Waals surface area contributed by atoms with Gasteiger partial charge in [0.25, 0.3) is 0 Å². The summed E-state index contributed by atoms with van der Waals surface area (Å²) in [5.41, 5.74) is 0.982. The molecule has 0 amide bonds. The van der Waals surface area contributed by atoms with Crippen molar-refractivity contribution < 1.29 is 14.1 Å². The first-order valence-corrected chi connectivity index (χ1v) is 9.74. The minimum Gasteiger partial charge on any atom is -0.490 e. The summed E-state index contributed by atoms with van der Waals surface area (Å²) in [6, 6.07) is 6.81. The van der Waals surface area contributed by atoms with E-state index >= 15 is 0 Å². The number of piperidine rings is 1. The molecule has 0 aliphatic carbocycles. The van der Waals surface area contributed by atoms with E-state index in [1.807, 2.05) is 6.07 Å². The zero-order chi connectivity index (χ0) is 19.0. The number of benzene rings is 1. The number of nitro groups is 1. The van der Waals surface area contributed by atoms with Crippen molar-refractivity contribution in [1.82, 2.24) is 9.80 Å². The number of hydrogen-bond donors (Lipinski definition) is 0. The molecule has 27 heavy (non-hydrogen) atoms. The molecule has 0 N–H and O–H groups in total. The van der Waals surface area contributed by atoms with Crippen LogP contribution in [-0.2, 0) is 0 Å². The molecule has 3 fully saturated rings. The second kappa shape index (κ2) is 7.59. The Hall–Kier alpha value is -1.93. The summed E-state index contributed by atoms with van der Waals surface area (Å²) in [6.45, 7) is 4.28. The zero-order valence-electron chi connectivity index (χ0n) is 15.7. The number of anilines is 1. The average molecular weight is 378 g/mol. The second-order valence-electron chi connectivity index (χ2n) is 7.76. The fourth-order valence-electron chi connectivity index (χ4n) is 5.08. The summed E-state index contributed by atoms with van der Waals surface area (Å²) in [4.78, 5) is 17.9. The van der Waals surface area contributed by atoms with Crippen LogP contribution in [0.1, 0.15) is 19.3 Å². The van der Waals surface area contributed by atoms with Crippen molar-refractivity contribution in [1.29, 1.82) is 0 Å². The Kier molecular flexibility index (Phi) is 5.19. The van der Waals surface area contributed by atoms with E-state index in [1.165, 1.54) is 19.6 Å². The lowest BCUT2D eigenvalue weighted by Gasteiger charge is -2.43. The molecule has 3 aliphatic heterocycles. The van der Waals surface area contributed by atoms with Crippen LogP contribution in [0.4, 0.5) is 15.8 Å². The molecule has 0 unspecified atom stereocenters. The standard InChI is InChI=1S/C19H27FN4O3/c1-27-19-11-15(2-3-18(19)24(25)26)21-7-4-14(5-8-21)23-13-16-10-17(23)12-22(16)9-6-20/h2-3,11,14,16-17H,4-10,12-13H2,1H3/t16-,17-/m1/s1. The van der Waals surface area contributed by atoms with E-state index in [0.29, 0.717) is 30.4 Å². The Morgan fingerprint density at radius 1 is 1.22 bits per heavy atom. The summed E-state index contributed by atoms with van der Waals surface area (Å²) < 4.78 is 17.8. The van der Waals surface area contributed by atoms with Gasteiger partial charge in [0, 0.05) is 68.7 Å². The molecule has 1 aromatic rings. The van der Waals surface area contributed by atoms with Crippen molar-refractivity contribution in [2.75, 3.05) is 51.4 Å². The van der Waals surface area contributed by atoms with Gasteiger partial charge in [-0.15, -0.1) is 0 Å². The molecule has 8 heteroatoms. The third kappa shape index (κ3) is 3.48. The van der Waals surface area contributed by atoms with Gasteiger partial charge in [0.15, 0.2) is 5.75 Å². The maximum atomic E-state index is 12.6. The molecular weight excluding hydrogens is 351 g/mol. The van der Waals surface area contributed by atoms with Gasteiger partial charge in [0.2, 0.25) is 0 Å². The highest BCUT2D eigenvalue weighted by molar-refractivity contribution is 5.59. The van der Waals surface area contributed by atoms with Crippen molar-refractivity contribution in [2.45, 2.75) is 37.4 Å². The van der Waals surface area contributed by atoms with Gasteiger partial charge in [-0.25, -0.2) is 4.39 Å². The number of nitro benzene ring substituents is 1. The molecule has 2 bridgehead atoms. The quantitative estimate of drug-likeness (QED) is 0.559. The molecule has 0 radical (unpaired) electrons. The molecule has 3 heterocycles. The van der Waals surface area contributed by atoms with E-state index in [0.717, 1.165) is 44.7 Å². The van der Waals surface area contributed by atoms with Crippen LogP contribution in [0.3, 0.4) is 0 Å². The molecule has 7 nitrogen and oxygen atoms in total. The number of methoxy groups -OCH3 is 1. The Morgan fingerprint density at radius 3 is 2.59 bits per heavy atom. The fraction of sp³-hybridized carbons (Fsp3) is 0.684. The summed E-state index contributed by atoms with van der Waals surface area (Å²) in [7, 11) is 1.47. The van der Waals surface area contributed by atoms with E-state index in [1.54, 1.807) is 6.07 Å². The van der Waals surface area contributed by atoms with Gasteiger partial charge >= 0.3 is 5.69 Å². The van der Waals surface area contributed by atoms with Gasteiger partial charge in [0.1, 0.15) is 6.67 Å². The van der Waals surface area contributed by atoms with Gasteiger partial charge in [-0.3, -0.25) is 19.9 Å². The van der Waals surface area contributed by atoms with Gasteiger partial charge in [-0.05, 0) is 25.3 Å². The molecular formula is C19H27FN4O3. The zero-order valence-corrected chi connectivity index (χ0v) is 15.7. The second-order valence-corrected chi connectivity index (χ2v) is 7.76. The molecule has 4 rings (SSSR count). The first-order chi connectivity index (χ1) is 13.1. The molecule has 148 valence electrons. The topological polar surface area (TPSA) is 62.1 Å². The lowest BCUT2D eigenvalue weighted by molar-refractivity contribution is -0.385. The van der Waals surface area contributed by atoms with E-state index in [-0.39, 0.29) is 12.4 Å². The van der Waals surface area contributed by atoms with Crippen molar-refractivity contribution >= 4 is 11.4 Å². The molecule has 3 saturated heterocycles. The van der Waals surface area contributed by atoms with Crippen LogP contribution in [0.2, 0.25) is 0 Å². The van der Waals surface area contributed by atoms with Crippen molar-refractivity contribution in [3.63, 3.8) is 0 Å². The number of piperazine rings is 1. The van der Waals surface area contributed by atoms with E-state index in [9.17, 15) is 14.5 Å². The summed E-state index contributed by atoms with van der Waals surface area (Å²) in [5, 5.41) is 11.1. The Labute approximate surface area is 158 Å². The smallest absolute Gasteiger partial charge is 0.311 e. The normalized spacial score (nSPS) is 26.7. The van der Waals surface area contributed by atoms with Crippen molar-refractivity contribution in [2.24, 2.45) is 0 Å². The number of ether oxygens (including phenoxy) is 1. The van der Waals surface area contributed by atoms with Gasteiger partial charge in [-0.1, -0.05) is 0 Å². The maximum Gasteiger partial charge on any atom is 0.311 e. The van der Waals surface area contributed by atoms with Crippen LogP contribution in [0.15, 0.2) is 18.2 Å². The Morgan fingerprint density at radius 2 is 2.00 bits per heavy atom. The number of nitrogens with zero attached hydrogens (tertiary/aromatic N) is 4. The van der Waals surface area contributed by atoms with Gasteiger partial charge in [0.05, 0.1) is 12.0 Å². The van der Waals surface area contributed by atoms with Crippen LogP contribution < -0.4 is 9.64 Å². The minimum absolute atomic E-state index is 0.00191. The summed E-state index contributed by atoms with van der Waals surface area (Å²) >= 11 is 0. The predicted octanol–water partition coefficient (Wildman–Crippen LogP) is 2.30. The lowest BCUT2D eigenvalue weighted by atomic mass is 10.0. The fourth-order valence-corrected chi connectivity index (χ4v) is 5.08. The van der Waals surface area contributed by atoms with E-state index in [2.05, 4.69) is 14.7 Å². The highest BCUT2D eigenvalue weighted by atomic mass is 19.1. The van der Waals surface area contributed by atoms with Gasteiger partial charge < -0.3 is 9.64 Å². The molecule has 1 aromatic carbocycles. The maximum absolute atomic E-state index is 12.6. The number of rotatable bonds is 6.